The Morgan fingerprint density at radius 2 is 1.35 bits per heavy atom. The Balaban J connectivity index is 0. The molecule has 0 saturated carbocycles. The summed E-state index contributed by atoms with van der Waals surface area (Å²) in [7, 11) is 3.10. The van der Waals surface area contributed by atoms with Crippen LogP contribution in [0.5, 0.6) is 0 Å². The van der Waals surface area contributed by atoms with Gasteiger partial charge in [0.05, 0.1) is 53.9 Å². The minimum absolute atomic E-state index is 0. The van der Waals surface area contributed by atoms with Gasteiger partial charge < -0.3 is 74.9 Å². The number of aliphatic hydroxyl groups excluding tert-OH is 3. The highest BCUT2D eigenvalue weighted by molar-refractivity contribution is 7.85. The van der Waals surface area contributed by atoms with Gasteiger partial charge in [0, 0.05) is 44.4 Å². The van der Waals surface area contributed by atoms with E-state index in [-0.39, 0.29) is 53.6 Å². The number of hydrogen-bond donors (Lipinski definition) is 5. The van der Waals surface area contributed by atoms with Gasteiger partial charge in [-0.15, -0.1) is 0 Å². The second-order valence-corrected chi connectivity index (χ2v) is 18.8. The number of nitrogens with zero attached hydrogens (tertiary/aromatic N) is 1. The minimum Gasteiger partial charge on any atom is -0.459 e. The normalized spacial score (nSPS) is 43.5. The van der Waals surface area contributed by atoms with Gasteiger partial charge >= 0.3 is 5.97 Å². The van der Waals surface area contributed by atoms with Crippen molar-refractivity contribution in [1.29, 1.82) is 0 Å². The molecule has 3 saturated heterocycles. The number of esters is 1. The molecular formula is C39H79NO19S. The largest absolute Gasteiger partial charge is 0.459 e. The van der Waals surface area contributed by atoms with Gasteiger partial charge in [0.2, 0.25) is 0 Å². The molecule has 0 spiro atoms. The molecule has 0 aromatic carbocycles. The van der Waals surface area contributed by atoms with Crippen LogP contribution in [0.3, 0.4) is 0 Å². The summed E-state index contributed by atoms with van der Waals surface area (Å²) in [5.74, 6) is -4.47. The number of carbonyl (C=O) groups is 2. The molecule has 20 nitrogen and oxygen atoms in total. The molecule has 21 heteroatoms. The van der Waals surface area contributed by atoms with Crippen LogP contribution in [0.15, 0.2) is 0 Å². The first-order valence-electron chi connectivity index (χ1n) is 19.8. The zero-order valence-electron chi connectivity index (χ0n) is 38.1. The average Bonchev–Trinajstić information content (AvgIpc) is 3.11. The van der Waals surface area contributed by atoms with E-state index < -0.39 is 112 Å². The number of methoxy groups -OCH3 is 2. The lowest BCUT2D eigenvalue weighted by Gasteiger charge is -2.50. The number of ketones is 1. The van der Waals surface area contributed by atoms with E-state index in [0.717, 1.165) is 0 Å². The first kappa shape index (κ1) is 60.6. The Hall–Kier alpha value is -1.51. The fourth-order valence-electron chi connectivity index (χ4n) is 8.58. The minimum atomic E-state index is -3.67. The summed E-state index contributed by atoms with van der Waals surface area (Å²) in [5, 5.41) is 45.6. The lowest BCUT2D eigenvalue weighted by molar-refractivity contribution is -0.319. The molecule has 3 fully saturated rings. The van der Waals surface area contributed by atoms with Crippen molar-refractivity contribution in [3.63, 3.8) is 0 Å². The standard InChI is InChI=1S/C38H69NO13.CH4O3S.3H2O/c1-15-26-38(10,45)31(42)21(4)28(40)19(2)17-37(9,47-14)33(52-35-29(41)25(39(11)12)16-20(3)48-35)22(5)30(23(6)34(44)50-26)51-27-18-36(8,46-13)32(43)24(7)49-27;1-5(2,3)4;;;/h19-27,29-33,35,41-43,45H,15-18H2,1-14H3;1H3,(H,2,3,4);3*1H2/t19-,20-,21+,22?,23-,24+,25+,26-,27+,29-,30+,31-,32+,33-,35+,36-,37-,38-;;;;/m1..../s1. The van der Waals surface area contributed by atoms with Crippen molar-refractivity contribution in [2.24, 2.45) is 23.7 Å². The fraction of sp³-hybridized carbons (Fsp3) is 0.949. The Kier molecular flexibility index (Phi) is 24.2. The van der Waals surface area contributed by atoms with E-state index in [4.69, 9.17) is 37.7 Å². The number of ether oxygens (including phenoxy) is 7. The Labute approximate surface area is 356 Å². The number of likely N-dealkylation sites (N-methyl/N-ethyl adjacent to an activating group) is 1. The van der Waals surface area contributed by atoms with E-state index in [1.54, 1.807) is 48.5 Å². The van der Waals surface area contributed by atoms with Crippen molar-refractivity contribution in [3.8, 4) is 0 Å². The summed E-state index contributed by atoms with van der Waals surface area (Å²) < 4.78 is 69.7. The van der Waals surface area contributed by atoms with E-state index >= 15 is 0 Å². The van der Waals surface area contributed by atoms with Crippen LogP contribution in [0.2, 0.25) is 0 Å². The summed E-state index contributed by atoms with van der Waals surface area (Å²) >= 11 is 0. The Bertz CT molecular complexity index is 1410. The Morgan fingerprint density at radius 1 is 0.833 bits per heavy atom. The molecule has 18 atom stereocenters. The maximum Gasteiger partial charge on any atom is 0.311 e. The highest BCUT2D eigenvalue weighted by atomic mass is 32.2. The van der Waals surface area contributed by atoms with Gasteiger partial charge in [-0.1, -0.05) is 27.7 Å². The third-order valence-electron chi connectivity index (χ3n) is 12.3. The number of rotatable bonds is 8. The van der Waals surface area contributed by atoms with Crippen LogP contribution in [0, 0.1) is 23.7 Å². The van der Waals surface area contributed by atoms with E-state index in [1.165, 1.54) is 21.1 Å². The van der Waals surface area contributed by atoms with Crippen molar-refractivity contribution < 1.29 is 92.6 Å². The molecule has 3 aliphatic heterocycles. The lowest BCUT2D eigenvalue weighted by atomic mass is 9.74. The molecule has 0 aromatic rings. The van der Waals surface area contributed by atoms with Gasteiger partial charge in [-0.2, -0.15) is 8.42 Å². The highest BCUT2D eigenvalue weighted by Gasteiger charge is 2.54. The number of Topliss-reactive ketones (excluding diaryl/α,β-unsaturated/α-hetero) is 1. The predicted molar refractivity (Wildman–Crippen MR) is 219 cm³/mol. The van der Waals surface area contributed by atoms with Gasteiger partial charge in [-0.25, -0.2) is 0 Å². The molecule has 3 aliphatic rings. The summed E-state index contributed by atoms with van der Waals surface area (Å²) in [5.41, 5.74) is -4.24. The topological polar surface area (TPSA) is 332 Å². The van der Waals surface area contributed by atoms with Crippen molar-refractivity contribution >= 4 is 21.9 Å². The molecule has 1 unspecified atom stereocenters. The first-order chi connectivity index (χ1) is 26.0. The van der Waals surface area contributed by atoms with Gasteiger partial charge in [-0.05, 0) is 74.9 Å². The molecule has 3 heterocycles. The average molecular weight is 898 g/mol. The van der Waals surface area contributed by atoms with Crippen LogP contribution in [-0.2, 0) is 52.9 Å². The van der Waals surface area contributed by atoms with Crippen molar-refractivity contribution in [3.05, 3.63) is 0 Å². The summed E-state index contributed by atoms with van der Waals surface area (Å²) in [6.07, 6.45) is -8.01. The van der Waals surface area contributed by atoms with Crippen LogP contribution < -0.4 is 0 Å². The third kappa shape index (κ3) is 14.8. The van der Waals surface area contributed by atoms with Crippen LogP contribution in [0.1, 0.15) is 94.9 Å². The summed E-state index contributed by atoms with van der Waals surface area (Å²) in [6.45, 7) is 17.1. The van der Waals surface area contributed by atoms with E-state index in [9.17, 15) is 38.4 Å². The number of cyclic esters (lactones) is 1. The van der Waals surface area contributed by atoms with E-state index in [0.29, 0.717) is 12.7 Å². The Morgan fingerprint density at radius 3 is 1.82 bits per heavy atom. The van der Waals surface area contributed by atoms with Crippen LogP contribution in [0.4, 0.5) is 0 Å². The molecule has 0 aromatic heterocycles. The van der Waals surface area contributed by atoms with E-state index in [1.807, 2.05) is 32.8 Å². The van der Waals surface area contributed by atoms with Gasteiger partial charge in [0.25, 0.3) is 10.1 Å². The molecule has 3 rings (SSSR count). The molecule has 0 amide bonds. The van der Waals surface area contributed by atoms with Crippen molar-refractivity contribution in [2.75, 3.05) is 34.6 Å². The maximum absolute atomic E-state index is 14.2. The summed E-state index contributed by atoms with van der Waals surface area (Å²) in [6, 6.07) is -0.283. The zero-order valence-corrected chi connectivity index (χ0v) is 38.9. The zero-order chi connectivity index (χ0) is 44.2. The first-order valence-corrected chi connectivity index (χ1v) is 21.7. The van der Waals surface area contributed by atoms with Gasteiger partial charge in [-0.3, -0.25) is 14.1 Å². The second kappa shape index (κ2) is 24.0. The summed E-state index contributed by atoms with van der Waals surface area (Å²) in [4.78, 5) is 30.1. The smallest absolute Gasteiger partial charge is 0.311 e. The number of hydrogen-bond acceptors (Lipinski definition) is 16. The number of carbonyl (C=O) groups excluding carboxylic acids is 2. The van der Waals surface area contributed by atoms with Crippen molar-refractivity contribution in [1.82, 2.24) is 4.90 Å². The monoisotopic (exact) mass is 897 g/mol. The van der Waals surface area contributed by atoms with Crippen LogP contribution in [-0.4, -0.2) is 185 Å². The lowest BCUT2D eigenvalue weighted by Crippen LogP contribution is -2.61. The quantitative estimate of drug-likeness (QED) is 0.151. The molecule has 0 bridgehead atoms. The molecule has 11 N–H and O–H groups in total. The maximum atomic E-state index is 14.2. The second-order valence-electron chi connectivity index (χ2n) is 17.4. The third-order valence-corrected chi connectivity index (χ3v) is 12.3. The highest BCUT2D eigenvalue weighted by Crippen LogP contribution is 2.41. The van der Waals surface area contributed by atoms with Gasteiger partial charge in [0.1, 0.15) is 29.7 Å². The van der Waals surface area contributed by atoms with Crippen LogP contribution in [0.25, 0.3) is 0 Å². The molecular weight excluding hydrogens is 818 g/mol. The van der Waals surface area contributed by atoms with Gasteiger partial charge in [0.15, 0.2) is 12.6 Å². The fourth-order valence-corrected chi connectivity index (χ4v) is 8.58. The van der Waals surface area contributed by atoms with Crippen LogP contribution >= 0.6 is 0 Å². The SMILES string of the molecule is CC[C@H]1OC(=O)[C@H](C)[C@@H](O[C@H]2C[C@@](C)(OC)[C@@H](O)[C@H](C)O2)C(C)[C@@H](O[C@@H]2O[C@H](C)C[C@H](N(C)C)[C@H]2O)[C@](C)(OC)C[C@@H](C)C(=O)[C@H](C)[C@@H](O)[C@]1(C)O.CS(=O)(=O)O.O.O.O. The van der Waals surface area contributed by atoms with E-state index in [2.05, 4.69) is 0 Å². The molecule has 60 heavy (non-hydrogen) atoms. The predicted octanol–water partition coefficient (Wildman–Crippen LogP) is -0.530. The number of aliphatic hydroxyl groups is 4. The molecule has 0 aliphatic carbocycles. The van der Waals surface area contributed by atoms with Crippen molar-refractivity contribution in [2.45, 2.75) is 179 Å². The molecule has 0 radical (unpaired) electrons. The molecule has 360 valence electrons.